The largest absolute Gasteiger partial charge is 0.327 e. The molecule has 0 aliphatic carbocycles. The minimum absolute atomic E-state index is 0. The Kier molecular flexibility index (Phi) is 10.0. The van der Waals surface area contributed by atoms with Crippen molar-refractivity contribution in [1.29, 1.82) is 0 Å². The van der Waals surface area contributed by atoms with Crippen LogP contribution in [0.2, 0.25) is 0 Å². The number of halogens is 3. The van der Waals surface area contributed by atoms with Gasteiger partial charge in [-0.2, -0.15) is 0 Å². The molecule has 0 fully saturated rings. The summed E-state index contributed by atoms with van der Waals surface area (Å²) in [5, 5.41) is -0.118. The summed E-state index contributed by atoms with van der Waals surface area (Å²) in [5.41, 5.74) is 6.05. The minimum Gasteiger partial charge on any atom is -0.327 e. The second-order valence-corrected chi connectivity index (χ2v) is 6.17. The smallest absolute Gasteiger partial charge is 0.202 e. The van der Waals surface area contributed by atoms with E-state index in [4.69, 9.17) is 5.73 Å². The summed E-state index contributed by atoms with van der Waals surface area (Å²) in [5.74, 6) is -1.19. The van der Waals surface area contributed by atoms with Gasteiger partial charge in [-0.3, -0.25) is 0 Å². The summed E-state index contributed by atoms with van der Waals surface area (Å²) in [6.07, 6.45) is 2.54. The van der Waals surface area contributed by atoms with Crippen LogP contribution in [0.4, 0.5) is 4.39 Å². The van der Waals surface area contributed by atoms with E-state index in [1.54, 1.807) is 6.07 Å². The molecule has 0 spiro atoms. The van der Waals surface area contributed by atoms with Gasteiger partial charge in [-0.25, -0.2) is 17.8 Å². The van der Waals surface area contributed by atoms with Crippen LogP contribution in [0.5, 0.6) is 0 Å². The summed E-state index contributed by atoms with van der Waals surface area (Å²) in [4.78, 5) is 3.87. The molecule has 2 N–H and O–H groups in total. The Bertz CT molecular complexity index is 531. The molecular weight excluding hydrogens is 326 g/mol. The number of hydrogen-bond donors (Lipinski definition) is 1. The van der Waals surface area contributed by atoms with Crippen molar-refractivity contribution in [3.05, 3.63) is 35.8 Å². The fourth-order valence-electron chi connectivity index (χ4n) is 1.36. The lowest BCUT2D eigenvalue weighted by atomic mass is 10.1. The van der Waals surface area contributed by atoms with E-state index in [0.29, 0.717) is 0 Å². The molecule has 0 saturated carbocycles. The summed E-state index contributed by atoms with van der Waals surface area (Å²) >= 11 is 0. The lowest BCUT2D eigenvalue weighted by Crippen LogP contribution is -2.10. The quantitative estimate of drug-likeness (QED) is 0.890. The van der Waals surface area contributed by atoms with Gasteiger partial charge >= 0.3 is 0 Å². The number of rotatable bonds is 5. The predicted octanol–water partition coefficient (Wildman–Crippen LogP) is 2.63. The third-order valence-corrected chi connectivity index (χ3v) is 3.95. The molecule has 1 aromatic rings. The number of pyridine rings is 1. The van der Waals surface area contributed by atoms with Gasteiger partial charge in [0.25, 0.3) is 0 Å². The third-order valence-electron chi connectivity index (χ3n) is 2.41. The lowest BCUT2D eigenvalue weighted by molar-refractivity contribution is 0.579. The van der Waals surface area contributed by atoms with Crippen molar-refractivity contribution in [2.75, 3.05) is 12.3 Å². The summed E-state index contributed by atoms with van der Waals surface area (Å²) in [7, 11) is -3.73. The van der Waals surface area contributed by atoms with Gasteiger partial charge in [0.05, 0.1) is 0 Å². The molecule has 0 amide bonds. The highest BCUT2D eigenvalue weighted by Crippen LogP contribution is 2.17. The molecule has 0 atom stereocenters. The van der Waals surface area contributed by atoms with Crippen molar-refractivity contribution >= 4 is 34.7 Å². The number of nitrogens with two attached hydrogens (primary N) is 1. The van der Waals surface area contributed by atoms with Crippen molar-refractivity contribution in [3.8, 4) is 0 Å². The highest BCUT2D eigenvalue weighted by molar-refractivity contribution is 7.91. The maximum absolute atomic E-state index is 13.2. The maximum atomic E-state index is 13.2. The van der Waals surface area contributed by atoms with E-state index in [1.807, 2.05) is 13.8 Å². The molecule has 8 heteroatoms. The summed E-state index contributed by atoms with van der Waals surface area (Å²) in [6.45, 7) is 3.94. The first kappa shape index (κ1) is 21.6. The molecule has 1 rings (SSSR count). The molecule has 116 valence electrons. The Hall–Kier alpha value is -0.690. The lowest BCUT2D eigenvalue weighted by Gasteiger charge is -2.06. The van der Waals surface area contributed by atoms with Crippen LogP contribution < -0.4 is 5.73 Å². The van der Waals surface area contributed by atoms with Crippen molar-refractivity contribution < 1.29 is 12.8 Å². The van der Waals surface area contributed by atoms with E-state index in [9.17, 15) is 12.8 Å². The zero-order valence-corrected chi connectivity index (χ0v) is 13.7. The molecule has 0 saturated heterocycles. The van der Waals surface area contributed by atoms with E-state index in [0.717, 1.165) is 11.6 Å². The van der Waals surface area contributed by atoms with Gasteiger partial charge in [0.15, 0.2) is 5.03 Å². The predicted molar refractivity (Wildman–Crippen MR) is 83.1 cm³/mol. The molecule has 20 heavy (non-hydrogen) atoms. The highest BCUT2D eigenvalue weighted by atomic mass is 35.5. The first-order valence-corrected chi connectivity index (χ1v) is 7.25. The summed E-state index contributed by atoms with van der Waals surface area (Å²) in [6, 6.07) is 3.09. The molecule has 4 nitrogen and oxygen atoms in total. The van der Waals surface area contributed by atoms with Crippen LogP contribution in [0.3, 0.4) is 0 Å². The van der Waals surface area contributed by atoms with Crippen LogP contribution in [-0.4, -0.2) is 25.7 Å². The Morgan fingerprint density at radius 1 is 1.40 bits per heavy atom. The van der Waals surface area contributed by atoms with Gasteiger partial charge in [-0.1, -0.05) is 19.9 Å². The topological polar surface area (TPSA) is 73.0 Å². The first-order valence-electron chi connectivity index (χ1n) is 5.60. The number of aromatic nitrogens is 1. The van der Waals surface area contributed by atoms with Gasteiger partial charge in [0, 0.05) is 12.7 Å². The number of sulfone groups is 1. The normalized spacial score (nSPS) is 11.8. The molecular formula is C12H19Cl2FN2O2S. The Labute approximate surface area is 131 Å². The van der Waals surface area contributed by atoms with E-state index in [2.05, 4.69) is 4.98 Å². The molecule has 1 aromatic heterocycles. The Balaban J connectivity index is 0. The van der Waals surface area contributed by atoms with Crippen molar-refractivity contribution in [3.63, 3.8) is 0 Å². The van der Waals surface area contributed by atoms with Crippen LogP contribution in [0, 0.1) is 0 Å². The molecule has 1 heterocycles. The van der Waals surface area contributed by atoms with Crippen LogP contribution in [0.1, 0.15) is 25.3 Å². The number of hydrogen-bond acceptors (Lipinski definition) is 4. The van der Waals surface area contributed by atoms with E-state index < -0.39 is 21.4 Å². The van der Waals surface area contributed by atoms with Gasteiger partial charge in [0.1, 0.15) is 11.6 Å². The average molecular weight is 345 g/mol. The number of nitrogens with zero attached hydrogens (tertiary/aromatic N) is 1. The fourth-order valence-corrected chi connectivity index (χ4v) is 2.48. The molecule has 0 aliphatic heterocycles. The Morgan fingerprint density at radius 3 is 2.40 bits per heavy atom. The maximum Gasteiger partial charge on any atom is 0.202 e. The van der Waals surface area contributed by atoms with E-state index >= 15 is 0 Å². The van der Waals surface area contributed by atoms with Crippen LogP contribution in [0.25, 0.3) is 0 Å². The van der Waals surface area contributed by atoms with Crippen LogP contribution in [0.15, 0.2) is 35.3 Å². The zero-order valence-electron chi connectivity index (χ0n) is 11.2. The third kappa shape index (κ3) is 6.17. The van der Waals surface area contributed by atoms with Crippen molar-refractivity contribution in [2.24, 2.45) is 5.73 Å². The average Bonchev–Trinajstić information content (AvgIpc) is 2.28. The van der Waals surface area contributed by atoms with Gasteiger partial charge in [-0.05, 0) is 23.6 Å². The van der Waals surface area contributed by atoms with Crippen molar-refractivity contribution in [1.82, 2.24) is 4.98 Å². The minimum atomic E-state index is -3.73. The van der Waals surface area contributed by atoms with E-state index in [1.165, 1.54) is 12.3 Å². The molecule has 0 aliphatic rings. The van der Waals surface area contributed by atoms with Gasteiger partial charge in [0.2, 0.25) is 9.84 Å². The van der Waals surface area contributed by atoms with Crippen molar-refractivity contribution in [2.45, 2.75) is 24.8 Å². The van der Waals surface area contributed by atoms with Crippen LogP contribution in [-0.2, 0) is 9.84 Å². The molecule has 0 bridgehead atoms. The molecule has 0 radical (unpaired) electrons. The second kappa shape index (κ2) is 9.28. The van der Waals surface area contributed by atoms with Gasteiger partial charge in [-0.15, -0.1) is 24.8 Å². The molecule has 0 aromatic carbocycles. The monoisotopic (exact) mass is 344 g/mol. The van der Waals surface area contributed by atoms with E-state index in [-0.39, 0.29) is 42.3 Å². The van der Waals surface area contributed by atoms with Crippen LogP contribution >= 0.6 is 24.8 Å². The molecule has 0 unspecified atom stereocenters. The fraction of sp³-hybridized carbons (Fsp3) is 0.417. The Morgan fingerprint density at radius 2 is 2.00 bits per heavy atom. The van der Waals surface area contributed by atoms with Gasteiger partial charge < -0.3 is 5.73 Å². The standard InChI is InChI=1S/C12H17FN2O2S.2ClH/c1-9(2)10-3-4-12(15-7-10)18(16,17)8-11(13)5-6-14;;/h3-5,7,9H,6,8,14H2,1-2H3;2*1H/b11-5-;;. The second-order valence-electron chi connectivity index (χ2n) is 4.23. The first-order chi connectivity index (χ1) is 8.36. The summed E-state index contributed by atoms with van der Waals surface area (Å²) < 4.78 is 36.8. The SMILES string of the molecule is CC(C)c1ccc(S(=O)(=O)C/C(F)=C/CN)nc1.Cl.Cl. The zero-order chi connectivity index (χ0) is 13.8. The highest BCUT2D eigenvalue weighted by Gasteiger charge is 2.18.